The van der Waals surface area contributed by atoms with Crippen molar-refractivity contribution in [2.75, 3.05) is 19.1 Å². The topological polar surface area (TPSA) is 94.1 Å². The fourth-order valence-electron chi connectivity index (χ4n) is 2.64. The fourth-order valence-corrected chi connectivity index (χ4v) is 3.16. The van der Waals surface area contributed by atoms with Gasteiger partial charge in [-0.2, -0.15) is 0 Å². The van der Waals surface area contributed by atoms with E-state index >= 15 is 0 Å². The zero-order chi connectivity index (χ0) is 18.7. The molecule has 136 valence electrons. The monoisotopic (exact) mass is 373 g/mol. The molecule has 3 aromatic rings. The van der Waals surface area contributed by atoms with Crippen LogP contribution in [0.4, 0.5) is 0 Å². The molecule has 0 saturated heterocycles. The third kappa shape index (κ3) is 4.02. The summed E-state index contributed by atoms with van der Waals surface area (Å²) in [4.78, 5) is 18.5. The molecule has 8 heteroatoms. The Hall–Kier alpha value is -2.87. The van der Waals surface area contributed by atoms with Crippen molar-refractivity contribution in [3.8, 4) is 28.3 Å². The van der Waals surface area contributed by atoms with Gasteiger partial charge in [0.05, 0.1) is 30.6 Å². The highest BCUT2D eigenvalue weighted by molar-refractivity contribution is 7.90. The first-order chi connectivity index (χ1) is 12.4. The molecule has 2 heterocycles. The standard InChI is InChI=1S/C18H19N3O4S/c1-25-15-6-3-13(4-7-15)17-18(14-5-8-16(22)19-11-14)21(12-20-17)9-10-26(2,23)24/h3-8,11-12H,9-10H2,1-2H3,(H,19,22). The number of ether oxygens (including phenoxy) is 1. The summed E-state index contributed by atoms with van der Waals surface area (Å²) in [5.74, 6) is 0.734. The van der Waals surface area contributed by atoms with Crippen molar-refractivity contribution in [1.82, 2.24) is 14.5 Å². The zero-order valence-corrected chi connectivity index (χ0v) is 15.3. The van der Waals surface area contributed by atoms with E-state index in [1.165, 1.54) is 12.3 Å². The number of nitrogens with zero attached hydrogens (tertiary/aromatic N) is 2. The van der Waals surface area contributed by atoms with E-state index in [0.29, 0.717) is 5.69 Å². The molecule has 0 spiro atoms. The highest BCUT2D eigenvalue weighted by Crippen LogP contribution is 2.31. The maximum absolute atomic E-state index is 11.5. The number of aryl methyl sites for hydroxylation is 1. The third-order valence-electron chi connectivity index (χ3n) is 3.96. The van der Waals surface area contributed by atoms with Gasteiger partial charge in [0.25, 0.3) is 0 Å². The molecule has 7 nitrogen and oxygen atoms in total. The molecule has 1 N–H and O–H groups in total. The molecule has 0 saturated carbocycles. The number of methoxy groups -OCH3 is 1. The second-order valence-electron chi connectivity index (χ2n) is 5.94. The summed E-state index contributed by atoms with van der Waals surface area (Å²) in [5, 5.41) is 0. The molecule has 0 aliphatic carbocycles. The van der Waals surface area contributed by atoms with Crippen molar-refractivity contribution in [1.29, 1.82) is 0 Å². The molecule has 0 aliphatic heterocycles. The first kappa shape index (κ1) is 17.9. The number of H-pyrrole nitrogens is 1. The predicted octanol–water partition coefficient (Wildman–Crippen LogP) is 1.96. The Morgan fingerprint density at radius 3 is 2.38 bits per heavy atom. The molecule has 0 radical (unpaired) electrons. The molecule has 1 aromatic carbocycles. The average molecular weight is 373 g/mol. The van der Waals surface area contributed by atoms with Gasteiger partial charge in [0, 0.05) is 36.2 Å². The molecule has 0 fully saturated rings. The van der Waals surface area contributed by atoms with Crippen LogP contribution in [-0.4, -0.2) is 42.1 Å². The lowest BCUT2D eigenvalue weighted by molar-refractivity contribution is 0.415. The van der Waals surface area contributed by atoms with Gasteiger partial charge < -0.3 is 14.3 Å². The van der Waals surface area contributed by atoms with Gasteiger partial charge in [-0.3, -0.25) is 4.79 Å². The van der Waals surface area contributed by atoms with Crippen LogP contribution in [0.15, 0.2) is 53.7 Å². The van der Waals surface area contributed by atoms with Gasteiger partial charge in [0.15, 0.2) is 0 Å². The third-order valence-corrected chi connectivity index (χ3v) is 4.89. The van der Waals surface area contributed by atoms with Gasteiger partial charge in [0.2, 0.25) is 5.56 Å². The van der Waals surface area contributed by atoms with Crippen molar-refractivity contribution < 1.29 is 13.2 Å². The molecule has 0 bridgehead atoms. The van der Waals surface area contributed by atoms with Crippen LogP contribution in [-0.2, 0) is 16.4 Å². The Labute approximate surface area is 151 Å². The highest BCUT2D eigenvalue weighted by Gasteiger charge is 2.16. The summed E-state index contributed by atoms with van der Waals surface area (Å²) in [6, 6.07) is 10.6. The SMILES string of the molecule is COc1ccc(-c2ncn(CCS(C)(=O)=O)c2-c2ccc(=O)[nH]c2)cc1. The summed E-state index contributed by atoms with van der Waals surface area (Å²) in [6.45, 7) is 0.274. The summed E-state index contributed by atoms with van der Waals surface area (Å²) in [6.07, 6.45) is 4.42. The number of hydrogen-bond acceptors (Lipinski definition) is 5. The van der Waals surface area contributed by atoms with Gasteiger partial charge in [-0.1, -0.05) is 0 Å². The van der Waals surface area contributed by atoms with Crippen LogP contribution in [0.3, 0.4) is 0 Å². The molecule has 3 rings (SSSR count). The summed E-state index contributed by atoms with van der Waals surface area (Å²) < 4.78 is 30.1. The molecule has 26 heavy (non-hydrogen) atoms. The largest absolute Gasteiger partial charge is 0.497 e. The van der Waals surface area contributed by atoms with Crippen LogP contribution in [0, 0.1) is 0 Å². The smallest absolute Gasteiger partial charge is 0.247 e. The summed E-state index contributed by atoms with van der Waals surface area (Å²) in [5.41, 5.74) is 2.86. The number of imidazole rings is 1. The number of hydrogen-bond donors (Lipinski definition) is 1. The maximum Gasteiger partial charge on any atom is 0.247 e. The predicted molar refractivity (Wildman–Crippen MR) is 100.0 cm³/mol. The van der Waals surface area contributed by atoms with E-state index in [1.54, 1.807) is 30.3 Å². The van der Waals surface area contributed by atoms with Crippen molar-refractivity contribution in [3.05, 3.63) is 59.3 Å². The molecule has 2 aromatic heterocycles. The molecule has 0 aliphatic rings. The molecular weight excluding hydrogens is 354 g/mol. The van der Waals surface area contributed by atoms with Crippen LogP contribution in [0.1, 0.15) is 0 Å². The van der Waals surface area contributed by atoms with Crippen LogP contribution in [0.5, 0.6) is 5.75 Å². The van der Waals surface area contributed by atoms with E-state index in [2.05, 4.69) is 9.97 Å². The van der Waals surface area contributed by atoms with Crippen LogP contribution < -0.4 is 10.3 Å². The minimum absolute atomic E-state index is 0.00175. The highest BCUT2D eigenvalue weighted by atomic mass is 32.2. The zero-order valence-electron chi connectivity index (χ0n) is 14.5. The van der Waals surface area contributed by atoms with E-state index in [4.69, 9.17) is 4.74 Å². The van der Waals surface area contributed by atoms with Crippen LogP contribution in [0.25, 0.3) is 22.5 Å². The lowest BCUT2D eigenvalue weighted by Crippen LogP contribution is -2.12. The Balaban J connectivity index is 2.09. The minimum Gasteiger partial charge on any atom is -0.497 e. The molecular formula is C18H19N3O4S. The molecule has 0 unspecified atom stereocenters. The van der Waals surface area contributed by atoms with E-state index in [-0.39, 0.29) is 17.9 Å². The second kappa shape index (κ2) is 7.17. The first-order valence-corrected chi connectivity index (χ1v) is 10.00. The Morgan fingerprint density at radius 2 is 1.81 bits per heavy atom. The fraction of sp³-hybridized carbons (Fsp3) is 0.222. The number of rotatable bonds is 6. The normalized spacial score (nSPS) is 11.5. The Morgan fingerprint density at radius 1 is 1.12 bits per heavy atom. The first-order valence-electron chi connectivity index (χ1n) is 7.94. The molecule has 0 amide bonds. The van der Waals surface area contributed by atoms with E-state index < -0.39 is 9.84 Å². The van der Waals surface area contributed by atoms with E-state index in [1.807, 2.05) is 24.3 Å². The van der Waals surface area contributed by atoms with E-state index in [9.17, 15) is 13.2 Å². The summed E-state index contributed by atoms with van der Waals surface area (Å²) >= 11 is 0. The second-order valence-corrected chi connectivity index (χ2v) is 8.19. The number of aromatic amines is 1. The lowest BCUT2D eigenvalue weighted by Gasteiger charge is -2.10. The number of aromatic nitrogens is 3. The van der Waals surface area contributed by atoms with Crippen molar-refractivity contribution in [3.63, 3.8) is 0 Å². The Kier molecular flexibility index (Phi) is 4.94. The van der Waals surface area contributed by atoms with Crippen LogP contribution >= 0.6 is 0 Å². The van der Waals surface area contributed by atoms with Gasteiger partial charge in [-0.15, -0.1) is 0 Å². The number of nitrogens with one attached hydrogen (secondary N) is 1. The van der Waals surface area contributed by atoms with E-state index in [0.717, 1.165) is 22.6 Å². The average Bonchev–Trinajstić information content (AvgIpc) is 3.04. The number of benzene rings is 1. The van der Waals surface area contributed by atoms with Crippen molar-refractivity contribution in [2.45, 2.75) is 6.54 Å². The number of sulfone groups is 1. The van der Waals surface area contributed by atoms with Gasteiger partial charge in [-0.25, -0.2) is 13.4 Å². The maximum atomic E-state index is 11.5. The quantitative estimate of drug-likeness (QED) is 0.713. The lowest BCUT2D eigenvalue weighted by atomic mass is 10.1. The Bertz CT molecular complexity index is 1050. The van der Waals surface area contributed by atoms with Crippen molar-refractivity contribution in [2.24, 2.45) is 0 Å². The number of pyridine rings is 1. The molecule has 0 atom stereocenters. The summed E-state index contributed by atoms with van der Waals surface area (Å²) in [7, 11) is -1.52. The van der Waals surface area contributed by atoms with Gasteiger partial charge >= 0.3 is 0 Å². The van der Waals surface area contributed by atoms with Crippen molar-refractivity contribution >= 4 is 9.84 Å². The van der Waals surface area contributed by atoms with Gasteiger partial charge in [-0.05, 0) is 30.3 Å². The van der Waals surface area contributed by atoms with Gasteiger partial charge in [0.1, 0.15) is 15.6 Å². The minimum atomic E-state index is -3.12. The van der Waals surface area contributed by atoms with Crippen LogP contribution in [0.2, 0.25) is 0 Å².